The van der Waals surface area contributed by atoms with Crippen molar-refractivity contribution in [3.63, 3.8) is 0 Å². The summed E-state index contributed by atoms with van der Waals surface area (Å²) in [6.07, 6.45) is 1.73. The van der Waals surface area contributed by atoms with Crippen molar-refractivity contribution < 1.29 is 28.2 Å². The molecule has 0 amide bonds. The van der Waals surface area contributed by atoms with E-state index in [-0.39, 0.29) is 11.0 Å². The zero-order chi connectivity index (χ0) is 58.9. The van der Waals surface area contributed by atoms with Gasteiger partial charge in [0.1, 0.15) is 0 Å². The Bertz CT molecular complexity index is 5080. The van der Waals surface area contributed by atoms with Crippen LogP contribution in [-0.2, 0) is 30.2 Å². The second-order valence-electron chi connectivity index (χ2n) is 23.0. The Morgan fingerprint density at radius 3 is 1.63 bits per heavy atom. The van der Waals surface area contributed by atoms with Crippen LogP contribution in [0.15, 0.2) is 255 Å². The summed E-state index contributed by atoms with van der Waals surface area (Å²) in [6.45, 7) is 4.05. The number of aryl methyl sites for hydroxylation is 1. The number of para-hydroxylation sites is 3. The van der Waals surface area contributed by atoms with Gasteiger partial charge in [0.15, 0.2) is 0 Å². The second-order valence-corrected chi connectivity index (χ2v) is 24.0. The van der Waals surface area contributed by atoms with E-state index in [2.05, 4.69) is 278 Å². The molecule has 1 spiro atoms. The molecule has 0 radical (unpaired) electrons. The van der Waals surface area contributed by atoms with Gasteiger partial charge in [-0.25, -0.2) is 0 Å². The minimum atomic E-state index is -2.48. The SMILES string of the molecule is [2H]C([2H])([2H])c1cc(-n2c3[c-]c(Oc4[c-]c(-n5[c](=[Pt])n(-c6c(-c7ccccc7)cccc6-c6ccccc6)c6ccccc65)ccc4)ccc3c3cc4c(cc32)C2(c3ccccc3-c3ccccc32)c2ccccc2-4)ncc1-c1ccc(C(C)(C)C)cc1. The van der Waals surface area contributed by atoms with Gasteiger partial charge in [-0.1, -0.05) is 118 Å². The summed E-state index contributed by atoms with van der Waals surface area (Å²) in [7, 11) is 0. The molecule has 0 aliphatic heterocycles. The minimum absolute atomic E-state index is 0.0733. The van der Waals surface area contributed by atoms with Crippen molar-refractivity contribution in [3.05, 3.63) is 304 Å². The molecule has 0 N–H and O–H groups in total. The van der Waals surface area contributed by atoms with Crippen molar-refractivity contribution in [3.8, 4) is 84.3 Å². The van der Waals surface area contributed by atoms with Gasteiger partial charge in [-0.2, -0.15) is 0 Å². The Balaban J connectivity index is 0.883. The van der Waals surface area contributed by atoms with Gasteiger partial charge in [0.05, 0.1) is 5.41 Å². The molecule has 0 bridgehead atoms. The van der Waals surface area contributed by atoms with E-state index in [1.165, 1.54) is 33.4 Å². The van der Waals surface area contributed by atoms with Crippen molar-refractivity contribution in [1.29, 1.82) is 0 Å². The van der Waals surface area contributed by atoms with Crippen LogP contribution in [0.2, 0.25) is 0 Å². The fourth-order valence-electron chi connectivity index (χ4n) is 13.5. The quantitative estimate of drug-likeness (QED) is 0.142. The van der Waals surface area contributed by atoms with Crippen LogP contribution in [0.4, 0.5) is 0 Å². The number of nitrogens with zero attached hydrogens (tertiary/aromatic N) is 4. The summed E-state index contributed by atoms with van der Waals surface area (Å²) >= 11 is 2.46. The Labute approximate surface area is 503 Å². The average molecular weight is 1260 g/mol. The first-order valence-corrected chi connectivity index (χ1v) is 29.6. The van der Waals surface area contributed by atoms with Crippen LogP contribution in [0, 0.1) is 22.8 Å². The van der Waals surface area contributed by atoms with E-state index in [0.29, 0.717) is 28.4 Å². The van der Waals surface area contributed by atoms with Crippen molar-refractivity contribution >= 4 is 32.8 Å². The molecule has 84 heavy (non-hydrogen) atoms. The number of aromatic nitrogens is 4. The molecule has 404 valence electrons. The van der Waals surface area contributed by atoms with Gasteiger partial charge in [-0.3, -0.25) is 0 Å². The van der Waals surface area contributed by atoms with Crippen LogP contribution >= 0.6 is 0 Å². The number of pyridine rings is 1. The van der Waals surface area contributed by atoms with Gasteiger partial charge < -0.3 is 0 Å². The second kappa shape index (κ2) is 19.2. The molecule has 0 saturated heterocycles. The van der Waals surface area contributed by atoms with Gasteiger partial charge >= 0.3 is 294 Å². The summed E-state index contributed by atoms with van der Waals surface area (Å²) in [5.41, 5.74) is 21.6. The summed E-state index contributed by atoms with van der Waals surface area (Å²) < 4.78 is 41.8. The predicted molar refractivity (Wildman–Crippen MR) is 338 cm³/mol. The number of hydrogen-bond acceptors (Lipinski definition) is 2. The van der Waals surface area contributed by atoms with Gasteiger partial charge in [-0.15, -0.1) is 0 Å². The standard InChI is InChI=1S/C78H54N4O.Pt/c1-50-43-75(79-48-66(50)53-37-39-54(40-38-53)77(2,3)4)82-73-45-57(41-42-63(73)65-46-64-62-29-13-16-34-69(62)78(70(64)47-74(65)82)67-32-14-11-27-60(67)61-28-12-15-33-68(61)78)83-56-26-19-25-55(44-56)80-49-81(72-36-18-17-35-71(72)80)76-58(51-21-7-5-8-22-51)30-20-31-59(76)52-23-9-6-10-24-52;/h5-43,46-48H,1-4H3;/q-2;/i1D3;. The first-order chi connectivity index (χ1) is 42.3. The molecule has 0 atom stereocenters. The van der Waals surface area contributed by atoms with Crippen LogP contribution in [0.5, 0.6) is 11.5 Å². The maximum atomic E-state index is 9.07. The molecule has 3 aromatic heterocycles. The molecule has 2 aliphatic carbocycles. The summed E-state index contributed by atoms with van der Waals surface area (Å²) in [6, 6.07) is 94.8. The number of imidazole rings is 1. The zero-order valence-corrected chi connectivity index (χ0v) is 48.5. The number of ether oxygens (including phenoxy) is 1. The summed E-state index contributed by atoms with van der Waals surface area (Å²) in [4.78, 5) is 5.24. The molecule has 0 fully saturated rings. The van der Waals surface area contributed by atoms with Crippen LogP contribution < -0.4 is 4.74 Å². The van der Waals surface area contributed by atoms with E-state index in [4.69, 9.17) is 13.8 Å². The number of fused-ring (bicyclic) bond motifs is 14. The van der Waals surface area contributed by atoms with Crippen LogP contribution in [0.1, 0.15) is 58.3 Å². The summed E-state index contributed by atoms with van der Waals surface area (Å²) in [5.74, 6) is 1.43. The van der Waals surface area contributed by atoms with Crippen molar-refractivity contribution in [2.24, 2.45) is 0 Å². The number of hydrogen-bond donors (Lipinski definition) is 0. The first-order valence-electron chi connectivity index (χ1n) is 29.9. The molecule has 0 saturated carbocycles. The normalized spacial score (nSPS) is 13.6. The molecule has 11 aromatic carbocycles. The van der Waals surface area contributed by atoms with E-state index in [0.717, 1.165) is 87.0 Å². The summed E-state index contributed by atoms with van der Waals surface area (Å²) in [5, 5.41) is 1.91. The molecule has 14 aromatic rings. The number of benzene rings is 11. The molecular weight excluding hydrogens is 1200 g/mol. The van der Waals surface area contributed by atoms with E-state index >= 15 is 0 Å². The monoisotopic (exact) mass is 1260 g/mol. The van der Waals surface area contributed by atoms with E-state index in [9.17, 15) is 0 Å². The third-order valence-electron chi connectivity index (χ3n) is 17.3. The Kier molecular flexibility index (Phi) is 10.7. The fourth-order valence-corrected chi connectivity index (χ4v) is 14.6. The topological polar surface area (TPSA) is 36.9 Å². The average Bonchev–Trinajstić information content (AvgIpc) is 1.52. The fraction of sp³-hybridized carbons (Fsp3) is 0.0769. The Hall–Kier alpha value is -9.67. The maximum absolute atomic E-state index is 9.07. The molecule has 5 nitrogen and oxygen atoms in total. The van der Waals surface area contributed by atoms with Crippen molar-refractivity contribution in [2.75, 3.05) is 0 Å². The van der Waals surface area contributed by atoms with Crippen LogP contribution in [0.3, 0.4) is 0 Å². The molecule has 16 rings (SSSR count). The number of rotatable bonds is 8. The zero-order valence-electron chi connectivity index (χ0n) is 49.3. The van der Waals surface area contributed by atoms with Gasteiger partial charge in [-0.05, 0) is 73.5 Å². The van der Waals surface area contributed by atoms with Crippen molar-refractivity contribution in [2.45, 2.75) is 38.5 Å². The molecule has 0 unspecified atom stereocenters. The Morgan fingerprint density at radius 2 is 1.00 bits per heavy atom. The van der Waals surface area contributed by atoms with E-state index in [1.807, 2.05) is 30.3 Å². The molecule has 2 aliphatic rings. The van der Waals surface area contributed by atoms with Gasteiger partial charge in [0.2, 0.25) is 0 Å². The predicted octanol–water partition coefficient (Wildman–Crippen LogP) is 19.3. The van der Waals surface area contributed by atoms with Gasteiger partial charge in [0, 0.05) is 15.9 Å². The van der Waals surface area contributed by atoms with Crippen LogP contribution in [0.25, 0.3) is 106 Å². The third kappa shape index (κ3) is 7.58. The van der Waals surface area contributed by atoms with Gasteiger partial charge in [0.25, 0.3) is 0 Å². The van der Waals surface area contributed by atoms with E-state index < -0.39 is 12.3 Å². The molecular formula is C78H54N4OPt-2. The Morgan fingerprint density at radius 1 is 0.452 bits per heavy atom. The minimum Gasteiger partial charge on any atom is -0.0619 e. The van der Waals surface area contributed by atoms with Crippen LogP contribution in [-0.4, -0.2) is 18.7 Å². The smallest absolute Gasteiger partial charge is 0.0619 e. The molecule has 3 heterocycles. The first kappa shape index (κ1) is 46.9. The third-order valence-corrected chi connectivity index (χ3v) is 18.3. The van der Waals surface area contributed by atoms with Crippen molar-refractivity contribution in [1.82, 2.24) is 18.7 Å². The molecule has 6 heteroatoms. The van der Waals surface area contributed by atoms with E-state index in [1.54, 1.807) is 12.3 Å².